The van der Waals surface area contributed by atoms with E-state index in [4.69, 9.17) is 5.11 Å². The summed E-state index contributed by atoms with van der Waals surface area (Å²) < 4.78 is 41.6. The number of hydrogen-bond donors (Lipinski definition) is 1. The number of benzene rings is 1. The normalized spacial score (nSPS) is 11.5. The molecule has 2 rings (SSSR count). The molecule has 18 heavy (non-hydrogen) atoms. The molecule has 1 aromatic heterocycles. The molecule has 0 bridgehead atoms. The summed E-state index contributed by atoms with van der Waals surface area (Å²) in [6.45, 7) is 0. The van der Waals surface area contributed by atoms with Gasteiger partial charge >= 0.3 is 12.3 Å². The summed E-state index contributed by atoms with van der Waals surface area (Å²) in [6.07, 6.45) is -5.96. The van der Waals surface area contributed by atoms with Gasteiger partial charge in [-0.1, -0.05) is 0 Å². The molecule has 1 heterocycles. The molecule has 0 fully saturated rings. The van der Waals surface area contributed by atoms with Crippen LogP contribution in [0.5, 0.6) is 5.88 Å². The van der Waals surface area contributed by atoms with Crippen LogP contribution in [0.15, 0.2) is 30.3 Å². The van der Waals surface area contributed by atoms with E-state index in [1.807, 2.05) is 0 Å². The van der Waals surface area contributed by atoms with E-state index in [1.54, 1.807) is 0 Å². The van der Waals surface area contributed by atoms with Crippen LogP contribution in [0.1, 0.15) is 5.56 Å². The van der Waals surface area contributed by atoms with Gasteiger partial charge in [0.25, 0.3) is 0 Å². The number of aromatic nitrogens is 1. The zero-order chi connectivity index (χ0) is 13.3. The van der Waals surface area contributed by atoms with E-state index in [-0.39, 0.29) is 16.8 Å². The van der Waals surface area contributed by atoms with Crippen molar-refractivity contribution in [2.24, 2.45) is 0 Å². The lowest BCUT2D eigenvalue weighted by molar-refractivity contribution is -0.137. The summed E-state index contributed by atoms with van der Waals surface area (Å²) in [7, 11) is 0. The summed E-state index contributed by atoms with van der Waals surface area (Å²) in [6, 6.07) is 5.48. The van der Waals surface area contributed by atoms with Crippen molar-refractivity contribution in [2.75, 3.05) is 0 Å². The van der Waals surface area contributed by atoms with Crippen molar-refractivity contribution in [1.29, 1.82) is 0 Å². The third-order valence-electron chi connectivity index (χ3n) is 2.18. The highest BCUT2D eigenvalue weighted by Crippen LogP contribution is 2.31. The minimum atomic E-state index is -4.43. The predicted molar refractivity (Wildman–Crippen MR) is 55.4 cm³/mol. The summed E-state index contributed by atoms with van der Waals surface area (Å²) >= 11 is 0. The molecule has 0 saturated heterocycles. The Balaban J connectivity index is 2.45. The number of pyridine rings is 1. The number of nitrogens with zero attached hydrogens (tertiary/aromatic N) is 1. The smallest absolute Gasteiger partial charge is 0.449 e. The Labute approximate surface area is 98.6 Å². The topological polar surface area (TPSA) is 59.4 Å². The van der Waals surface area contributed by atoms with Crippen LogP contribution < -0.4 is 4.74 Å². The lowest BCUT2D eigenvalue weighted by Gasteiger charge is -2.07. The van der Waals surface area contributed by atoms with Crippen LogP contribution in [0.4, 0.5) is 18.0 Å². The first kappa shape index (κ1) is 12.2. The Morgan fingerprint density at radius 1 is 1.22 bits per heavy atom. The van der Waals surface area contributed by atoms with Crippen molar-refractivity contribution in [3.05, 3.63) is 35.9 Å². The van der Waals surface area contributed by atoms with Crippen molar-refractivity contribution in [1.82, 2.24) is 4.98 Å². The van der Waals surface area contributed by atoms with Gasteiger partial charge in [0.1, 0.15) is 0 Å². The summed E-state index contributed by atoms with van der Waals surface area (Å²) in [5, 5.41) is 8.63. The zero-order valence-corrected chi connectivity index (χ0v) is 8.73. The van der Waals surface area contributed by atoms with Crippen molar-refractivity contribution >= 4 is 17.1 Å². The van der Waals surface area contributed by atoms with E-state index < -0.39 is 17.9 Å². The van der Waals surface area contributed by atoms with E-state index in [9.17, 15) is 18.0 Å². The maximum Gasteiger partial charge on any atom is 0.512 e. The lowest BCUT2D eigenvalue weighted by Crippen LogP contribution is -2.05. The molecule has 1 N–H and O–H groups in total. The number of carboxylic acid groups (broad SMARTS) is 1. The van der Waals surface area contributed by atoms with Gasteiger partial charge in [0.15, 0.2) is 0 Å². The monoisotopic (exact) mass is 257 g/mol. The molecule has 0 unspecified atom stereocenters. The van der Waals surface area contributed by atoms with Gasteiger partial charge in [0.05, 0.1) is 11.1 Å². The first-order valence-corrected chi connectivity index (χ1v) is 4.75. The van der Waals surface area contributed by atoms with Crippen LogP contribution in [-0.2, 0) is 6.18 Å². The van der Waals surface area contributed by atoms with Crippen molar-refractivity contribution in [2.45, 2.75) is 6.18 Å². The Morgan fingerprint density at radius 3 is 2.56 bits per heavy atom. The number of rotatable bonds is 1. The molecule has 1 aromatic carbocycles. The van der Waals surface area contributed by atoms with Gasteiger partial charge in [-0.05, 0) is 24.3 Å². The van der Waals surface area contributed by atoms with Gasteiger partial charge in [-0.25, -0.2) is 9.78 Å². The number of fused-ring (bicyclic) bond motifs is 1. The Bertz CT molecular complexity index is 610. The molecular weight excluding hydrogens is 251 g/mol. The SMILES string of the molecule is O=C(O)Oc1ccc2cc(C(F)(F)F)ccc2n1. The van der Waals surface area contributed by atoms with Crippen LogP contribution >= 0.6 is 0 Å². The molecule has 2 aromatic rings. The Hall–Kier alpha value is -2.31. The van der Waals surface area contributed by atoms with Crippen molar-refractivity contribution < 1.29 is 27.8 Å². The molecule has 0 saturated carbocycles. The second-order valence-electron chi connectivity index (χ2n) is 3.42. The highest BCUT2D eigenvalue weighted by Gasteiger charge is 2.30. The molecule has 0 atom stereocenters. The molecule has 7 heteroatoms. The van der Waals surface area contributed by atoms with Gasteiger partial charge in [-0.15, -0.1) is 0 Å². The Kier molecular flexibility index (Phi) is 2.82. The third kappa shape index (κ3) is 2.50. The number of alkyl halides is 3. The number of carbonyl (C=O) groups is 1. The van der Waals surface area contributed by atoms with E-state index in [1.165, 1.54) is 12.1 Å². The standard InChI is InChI=1S/C11H6F3NO3/c12-11(13,14)7-2-3-8-6(5-7)1-4-9(15-8)18-10(16)17/h1-5H,(H,16,17). The lowest BCUT2D eigenvalue weighted by atomic mass is 10.1. The second-order valence-corrected chi connectivity index (χ2v) is 3.42. The van der Waals surface area contributed by atoms with Gasteiger partial charge < -0.3 is 9.84 Å². The van der Waals surface area contributed by atoms with Crippen molar-refractivity contribution in [3.8, 4) is 5.88 Å². The van der Waals surface area contributed by atoms with Gasteiger partial charge in [-0.2, -0.15) is 13.2 Å². The average Bonchev–Trinajstić information content (AvgIpc) is 2.26. The number of halogens is 3. The van der Waals surface area contributed by atoms with E-state index in [0.29, 0.717) is 0 Å². The third-order valence-corrected chi connectivity index (χ3v) is 2.18. The molecule has 0 aliphatic rings. The summed E-state index contributed by atoms with van der Waals surface area (Å²) in [5.41, 5.74) is -0.564. The average molecular weight is 257 g/mol. The molecule has 0 radical (unpaired) electrons. The first-order valence-electron chi connectivity index (χ1n) is 4.75. The van der Waals surface area contributed by atoms with E-state index in [2.05, 4.69) is 9.72 Å². The fourth-order valence-electron chi connectivity index (χ4n) is 1.43. The van der Waals surface area contributed by atoms with Crippen LogP contribution in [-0.4, -0.2) is 16.2 Å². The Morgan fingerprint density at radius 2 is 1.94 bits per heavy atom. The van der Waals surface area contributed by atoms with Gasteiger partial charge in [-0.3, -0.25) is 0 Å². The van der Waals surface area contributed by atoms with Crippen LogP contribution in [0.25, 0.3) is 10.9 Å². The summed E-state index contributed by atoms with van der Waals surface area (Å²) in [5.74, 6) is -0.185. The maximum absolute atomic E-state index is 12.4. The molecule has 0 aliphatic heterocycles. The minimum Gasteiger partial charge on any atom is -0.449 e. The molecular formula is C11H6F3NO3. The van der Waals surface area contributed by atoms with Crippen LogP contribution in [0.2, 0.25) is 0 Å². The molecule has 0 amide bonds. The fourth-order valence-corrected chi connectivity index (χ4v) is 1.43. The van der Waals surface area contributed by atoms with E-state index in [0.717, 1.165) is 18.2 Å². The second kappa shape index (κ2) is 4.17. The first-order chi connectivity index (χ1) is 8.36. The molecule has 0 aliphatic carbocycles. The fraction of sp³-hybridized carbons (Fsp3) is 0.0909. The van der Waals surface area contributed by atoms with Gasteiger partial charge in [0, 0.05) is 11.5 Å². The quantitative estimate of drug-likeness (QED) is 0.796. The van der Waals surface area contributed by atoms with Crippen LogP contribution in [0.3, 0.4) is 0 Å². The molecule has 0 spiro atoms. The number of hydrogen-bond acceptors (Lipinski definition) is 3. The highest BCUT2D eigenvalue weighted by molar-refractivity contribution is 5.80. The van der Waals surface area contributed by atoms with E-state index >= 15 is 0 Å². The summed E-state index contributed by atoms with van der Waals surface area (Å²) in [4.78, 5) is 14.0. The minimum absolute atomic E-state index is 0.185. The zero-order valence-electron chi connectivity index (χ0n) is 8.73. The number of ether oxygens (including phenoxy) is 1. The van der Waals surface area contributed by atoms with Gasteiger partial charge in [0.2, 0.25) is 5.88 Å². The highest BCUT2D eigenvalue weighted by atomic mass is 19.4. The van der Waals surface area contributed by atoms with Crippen molar-refractivity contribution in [3.63, 3.8) is 0 Å². The largest absolute Gasteiger partial charge is 0.512 e. The predicted octanol–water partition coefficient (Wildman–Crippen LogP) is 3.31. The maximum atomic E-state index is 12.4. The molecule has 4 nitrogen and oxygen atoms in total. The van der Waals surface area contributed by atoms with Crippen LogP contribution in [0, 0.1) is 0 Å². The molecule has 94 valence electrons.